The molecular weight excluding hydrogens is 308 g/mol. The summed E-state index contributed by atoms with van der Waals surface area (Å²) in [7, 11) is 0. The van der Waals surface area contributed by atoms with Gasteiger partial charge < -0.3 is 10.3 Å². The maximum absolute atomic E-state index is 12.5. The number of fused-ring (bicyclic) bond motifs is 3. The van der Waals surface area contributed by atoms with E-state index in [1.165, 1.54) is 33.3 Å². The van der Waals surface area contributed by atoms with Crippen molar-refractivity contribution >= 4 is 16.8 Å². The molecule has 1 aliphatic rings. The van der Waals surface area contributed by atoms with Gasteiger partial charge in [0.2, 0.25) is 5.91 Å². The van der Waals surface area contributed by atoms with Crippen LogP contribution in [0.3, 0.4) is 0 Å². The molecule has 0 saturated carbocycles. The van der Waals surface area contributed by atoms with E-state index in [9.17, 15) is 4.79 Å². The maximum Gasteiger partial charge on any atom is 0.224 e. The summed E-state index contributed by atoms with van der Waals surface area (Å²) in [6.07, 6.45) is 3.37. The lowest BCUT2D eigenvalue weighted by molar-refractivity contribution is -0.121. The average Bonchev–Trinajstić information content (AvgIpc) is 2.97. The van der Waals surface area contributed by atoms with Crippen molar-refractivity contribution in [1.29, 1.82) is 0 Å². The fourth-order valence-corrected chi connectivity index (χ4v) is 3.97. The number of rotatable bonds is 3. The molecule has 0 bridgehead atoms. The van der Waals surface area contributed by atoms with Gasteiger partial charge in [0.05, 0.1) is 6.42 Å². The molecule has 1 atom stereocenters. The van der Waals surface area contributed by atoms with E-state index in [0.717, 1.165) is 24.8 Å². The van der Waals surface area contributed by atoms with Crippen molar-refractivity contribution in [3.8, 4) is 0 Å². The molecular formula is C22H24N2O. The van der Waals surface area contributed by atoms with Crippen molar-refractivity contribution in [2.24, 2.45) is 0 Å². The number of aryl methyl sites for hydroxylation is 3. The van der Waals surface area contributed by atoms with Crippen LogP contribution in [0.15, 0.2) is 42.5 Å². The minimum atomic E-state index is 0.124. The molecule has 1 aliphatic carbocycles. The van der Waals surface area contributed by atoms with Gasteiger partial charge in [-0.3, -0.25) is 4.79 Å². The highest BCUT2D eigenvalue weighted by molar-refractivity contribution is 5.87. The number of hydrogen-bond acceptors (Lipinski definition) is 1. The molecule has 128 valence electrons. The predicted octanol–water partition coefficient (Wildman–Crippen LogP) is 4.00. The predicted molar refractivity (Wildman–Crippen MR) is 102 cm³/mol. The summed E-state index contributed by atoms with van der Waals surface area (Å²) >= 11 is 0. The smallest absolute Gasteiger partial charge is 0.224 e. The van der Waals surface area contributed by atoms with Crippen molar-refractivity contribution in [1.82, 2.24) is 10.3 Å². The lowest BCUT2D eigenvalue weighted by Crippen LogP contribution is -2.39. The molecule has 0 spiro atoms. The SMILES string of the molecule is Cc1ccccc1CC(=O)NC1CCc2[nH]c3c(C)cccc3c2C1. The van der Waals surface area contributed by atoms with Crippen LogP contribution in [0.5, 0.6) is 0 Å². The van der Waals surface area contributed by atoms with E-state index in [1.807, 2.05) is 18.2 Å². The van der Waals surface area contributed by atoms with Crippen LogP contribution in [0.25, 0.3) is 10.9 Å². The fraction of sp³-hybridized carbons (Fsp3) is 0.318. The first-order chi connectivity index (χ1) is 12.1. The van der Waals surface area contributed by atoms with Crippen LogP contribution in [0.1, 0.15) is 34.4 Å². The molecule has 2 aromatic carbocycles. The number of benzene rings is 2. The van der Waals surface area contributed by atoms with Crippen molar-refractivity contribution < 1.29 is 4.79 Å². The molecule has 0 fully saturated rings. The minimum absolute atomic E-state index is 0.124. The van der Waals surface area contributed by atoms with Crippen molar-refractivity contribution in [2.45, 2.75) is 45.6 Å². The second kappa shape index (κ2) is 6.40. The van der Waals surface area contributed by atoms with Gasteiger partial charge in [-0.25, -0.2) is 0 Å². The van der Waals surface area contributed by atoms with Crippen LogP contribution < -0.4 is 5.32 Å². The summed E-state index contributed by atoms with van der Waals surface area (Å²) in [5.41, 5.74) is 7.54. The number of carbonyl (C=O) groups excluding carboxylic acids is 1. The third-order valence-corrected chi connectivity index (χ3v) is 5.41. The number of aromatic amines is 1. The van der Waals surface area contributed by atoms with E-state index < -0.39 is 0 Å². The number of para-hydroxylation sites is 1. The van der Waals surface area contributed by atoms with Crippen LogP contribution in [0, 0.1) is 13.8 Å². The Morgan fingerprint density at radius 1 is 1.12 bits per heavy atom. The molecule has 1 unspecified atom stereocenters. The van der Waals surface area contributed by atoms with E-state index in [-0.39, 0.29) is 11.9 Å². The molecule has 3 aromatic rings. The zero-order chi connectivity index (χ0) is 17.4. The van der Waals surface area contributed by atoms with E-state index in [2.05, 4.69) is 48.4 Å². The number of H-pyrrole nitrogens is 1. The maximum atomic E-state index is 12.5. The second-order valence-corrected chi connectivity index (χ2v) is 7.19. The Bertz CT molecular complexity index is 938. The third-order valence-electron chi connectivity index (χ3n) is 5.41. The van der Waals surface area contributed by atoms with Gasteiger partial charge in [-0.15, -0.1) is 0 Å². The lowest BCUT2D eigenvalue weighted by atomic mass is 9.91. The number of aromatic nitrogens is 1. The van der Waals surface area contributed by atoms with Gasteiger partial charge in [0.1, 0.15) is 0 Å². The number of hydrogen-bond donors (Lipinski definition) is 2. The van der Waals surface area contributed by atoms with Crippen molar-refractivity contribution in [3.05, 3.63) is 70.4 Å². The molecule has 3 nitrogen and oxygen atoms in total. The van der Waals surface area contributed by atoms with Crippen LogP contribution in [0.4, 0.5) is 0 Å². The van der Waals surface area contributed by atoms with Crippen LogP contribution in [-0.4, -0.2) is 16.9 Å². The van der Waals surface area contributed by atoms with Gasteiger partial charge in [-0.05, 0) is 55.4 Å². The van der Waals surface area contributed by atoms with Crippen molar-refractivity contribution in [2.75, 3.05) is 0 Å². The average molecular weight is 332 g/mol. The van der Waals surface area contributed by atoms with Gasteiger partial charge in [0.25, 0.3) is 0 Å². The summed E-state index contributed by atoms with van der Waals surface area (Å²) < 4.78 is 0. The lowest BCUT2D eigenvalue weighted by Gasteiger charge is -2.24. The first-order valence-electron chi connectivity index (χ1n) is 9.04. The van der Waals surface area contributed by atoms with Gasteiger partial charge in [-0.2, -0.15) is 0 Å². The molecule has 4 rings (SSSR count). The monoisotopic (exact) mass is 332 g/mol. The summed E-state index contributed by atoms with van der Waals surface area (Å²) in [5, 5.41) is 4.56. The molecule has 1 amide bonds. The largest absolute Gasteiger partial charge is 0.358 e. The first kappa shape index (κ1) is 15.9. The Hall–Kier alpha value is -2.55. The Labute approximate surface area is 148 Å². The summed E-state index contributed by atoms with van der Waals surface area (Å²) in [6, 6.07) is 14.8. The molecule has 3 heteroatoms. The molecule has 0 saturated heterocycles. The standard InChI is InChI=1S/C22H24N2O/c1-14-6-3-4-8-16(14)12-21(25)23-17-10-11-20-19(13-17)18-9-5-7-15(2)22(18)24-20/h3-9,17,24H,10-13H2,1-2H3,(H,23,25). The first-order valence-corrected chi connectivity index (χ1v) is 9.04. The molecule has 1 heterocycles. The highest BCUT2D eigenvalue weighted by Gasteiger charge is 2.24. The Kier molecular flexibility index (Phi) is 4.08. The molecule has 1 aromatic heterocycles. The number of carbonyl (C=O) groups is 1. The third kappa shape index (κ3) is 3.07. The molecule has 0 aliphatic heterocycles. The highest BCUT2D eigenvalue weighted by atomic mass is 16.1. The summed E-state index contributed by atoms with van der Waals surface area (Å²) in [6.45, 7) is 4.20. The second-order valence-electron chi connectivity index (χ2n) is 7.19. The number of nitrogens with one attached hydrogen (secondary N) is 2. The minimum Gasteiger partial charge on any atom is -0.358 e. The highest BCUT2D eigenvalue weighted by Crippen LogP contribution is 2.30. The molecule has 25 heavy (non-hydrogen) atoms. The van der Waals surface area contributed by atoms with E-state index in [1.54, 1.807) is 0 Å². The quantitative estimate of drug-likeness (QED) is 0.748. The van der Waals surface area contributed by atoms with Gasteiger partial charge in [0, 0.05) is 22.6 Å². The van der Waals surface area contributed by atoms with E-state index >= 15 is 0 Å². The molecule has 0 radical (unpaired) electrons. The Morgan fingerprint density at radius 2 is 1.92 bits per heavy atom. The normalized spacial score (nSPS) is 16.6. The van der Waals surface area contributed by atoms with Crippen LogP contribution >= 0.6 is 0 Å². The molecule has 2 N–H and O–H groups in total. The zero-order valence-electron chi connectivity index (χ0n) is 14.9. The summed E-state index contributed by atoms with van der Waals surface area (Å²) in [4.78, 5) is 16.1. The van der Waals surface area contributed by atoms with Crippen LogP contribution in [0.2, 0.25) is 0 Å². The van der Waals surface area contributed by atoms with E-state index in [0.29, 0.717) is 6.42 Å². The number of amides is 1. The Balaban J connectivity index is 1.49. The van der Waals surface area contributed by atoms with Crippen molar-refractivity contribution in [3.63, 3.8) is 0 Å². The van der Waals surface area contributed by atoms with Gasteiger partial charge >= 0.3 is 0 Å². The summed E-state index contributed by atoms with van der Waals surface area (Å²) in [5.74, 6) is 0.124. The van der Waals surface area contributed by atoms with Crippen LogP contribution in [-0.2, 0) is 24.1 Å². The zero-order valence-corrected chi connectivity index (χ0v) is 14.9. The van der Waals surface area contributed by atoms with Gasteiger partial charge in [0.15, 0.2) is 0 Å². The van der Waals surface area contributed by atoms with E-state index in [4.69, 9.17) is 0 Å². The van der Waals surface area contributed by atoms with Gasteiger partial charge in [-0.1, -0.05) is 42.5 Å². The Morgan fingerprint density at radius 3 is 2.76 bits per heavy atom. The topological polar surface area (TPSA) is 44.9 Å². The fourth-order valence-electron chi connectivity index (χ4n) is 3.97.